The lowest BCUT2D eigenvalue weighted by Crippen LogP contribution is -2.03. The Morgan fingerprint density at radius 1 is 1.19 bits per heavy atom. The number of hydrogen-bond acceptors (Lipinski definition) is 5. The summed E-state index contributed by atoms with van der Waals surface area (Å²) in [6.07, 6.45) is 4.93. The van der Waals surface area contributed by atoms with Gasteiger partial charge in [0.1, 0.15) is 11.5 Å². The second kappa shape index (κ2) is 7.64. The predicted molar refractivity (Wildman–Crippen MR) is 80.7 cm³/mol. The van der Waals surface area contributed by atoms with Gasteiger partial charge < -0.3 is 15.2 Å². The van der Waals surface area contributed by atoms with Gasteiger partial charge in [-0.2, -0.15) is 0 Å². The first-order valence-corrected chi connectivity index (χ1v) is 7.06. The molecule has 6 nitrogen and oxygen atoms in total. The van der Waals surface area contributed by atoms with E-state index in [1.807, 2.05) is 29.1 Å². The van der Waals surface area contributed by atoms with E-state index in [9.17, 15) is 0 Å². The normalized spacial score (nSPS) is 10.6. The average molecular weight is 290 g/mol. The zero-order valence-corrected chi connectivity index (χ0v) is 12.6. The maximum atomic E-state index is 5.49. The van der Waals surface area contributed by atoms with Crippen molar-refractivity contribution < 1.29 is 9.47 Å². The van der Waals surface area contributed by atoms with Crippen molar-refractivity contribution in [2.75, 3.05) is 20.8 Å². The van der Waals surface area contributed by atoms with Crippen LogP contribution in [0.5, 0.6) is 11.5 Å². The standard InChI is InChI=1S/C15H22N4O2/c1-20-14-6-7-15(21-2)12(9-14)10-19-11-13(17-18-19)5-3-4-8-16/h6-7,9,11H,3-5,8,10,16H2,1-2H3. The number of benzene rings is 1. The van der Waals surface area contributed by atoms with Crippen LogP contribution in [-0.4, -0.2) is 35.8 Å². The minimum absolute atomic E-state index is 0.601. The van der Waals surface area contributed by atoms with Crippen LogP contribution in [0.1, 0.15) is 24.1 Å². The number of nitrogens with two attached hydrogens (primary N) is 1. The molecule has 114 valence electrons. The van der Waals surface area contributed by atoms with E-state index in [0.717, 1.165) is 48.6 Å². The third-order valence-electron chi connectivity index (χ3n) is 3.29. The van der Waals surface area contributed by atoms with Gasteiger partial charge in [0, 0.05) is 11.8 Å². The topological polar surface area (TPSA) is 75.2 Å². The fourth-order valence-electron chi connectivity index (χ4n) is 2.16. The molecule has 6 heteroatoms. The molecule has 0 unspecified atom stereocenters. The second-order valence-electron chi connectivity index (χ2n) is 4.83. The van der Waals surface area contributed by atoms with E-state index in [4.69, 9.17) is 15.2 Å². The van der Waals surface area contributed by atoms with Gasteiger partial charge in [0.15, 0.2) is 0 Å². The molecule has 0 aliphatic rings. The summed E-state index contributed by atoms with van der Waals surface area (Å²) in [5.74, 6) is 1.62. The number of methoxy groups -OCH3 is 2. The molecule has 2 N–H and O–H groups in total. The Bertz CT molecular complexity index is 569. The first-order chi connectivity index (χ1) is 10.3. The van der Waals surface area contributed by atoms with Crippen LogP contribution in [0, 0.1) is 0 Å². The summed E-state index contributed by atoms with van der Waals surface area (Å²) < 4.78 is 12.4. The number of hydrogen-bond donors (Lipinski definition) is 1. The predicted octanol–water partition coefficient (Wildman–Crippen LogP) is 1.62. The largest absolute Gasteiger partial charge is 0.497 e. The number of aromatic nitrogens is 3. The average Bonchev–Trinajstić information content (AvgIpc) is 2.95. The van der Waals surface area contributed by atoms with Crippen molar-refractivity contribution in [2.45, 2.75) is 25.8 Å². The van der Waals surface area contributed by atoms with Crippen LogP contribution < -0.4 is 15.2 Å². The summed E-state index contributed by atoms with van der Waals surface area (Å²) in [6, 6.07) is 5.73. The summed E-state index contributed by atoms with van der Waals surface area (Å²) in [5.41, 5.74) is 7.49. The third-order valence-corrected chi connectivity index (χ3v) is 3.29. The van der Waals surface area contributed by atoms with Crippen LogP contribution in [-0.2, 0) is 13.0 Å². The van der Waals surface area contributed by atoms with Crippen molar-refractivity contribution >= 4 is 0 Å². The molecule has 1 heterocycles. The molecular weight excluding hydrogens is 268 g/mol. The summed E-state index contributed by atoms with van der Waals surface area (Å²) in [5, 5.41) is 8.34. The van der Waals surface area contributed by atoms with Crippen LogP contribution in [0.3, 0.4) is 0 Å². The highest BCUT2D eigenvalue weighted by Crippen LogP contribution is 2.24. The Kier molecular flexibility index (Phi) is 5.57. The summed E-state index contributed by atoms with van der Waals surface area (Å²) in [7, 11) is 3.31. The highest BCUT2D eigenvalue weighted by molar-refractivity contribution is 5.40. The van der Waals surface area contributed by atoms with Gasteiger partial charge in [-0.1, -0.05) is 5.21 Å². The van der Waals surface area contributed by atoms with E-state index >= 15 is 0 Å². The van der Waals surface area contributed by atoms with Gasteiger partial charge in [-0.3, -0.25) is 0 Å². The van der Waals surface area contributed by atoms with Crippen LogP contribution in [0.2, 0.25) is 0 Å². The van der Waals surface area contributed by atoms with Gasteiger partial charge in [0.05, 0.1) is 26.5 Å². The summed E-state index contributed by atoms with van der Waals surface area (Å²) in [6.45, 7) is 1.32. The lowest BCUT2D eigenvalue weighted by Gasteiger charge is -2.10. The van der Waals surface area contributed by atoms with E-state index in [1.165, 1.54) is 0 Å². The summed E-state index contributed by atoms with van der Waals surface area (Å²) in [4.78, 5) is 0. The lowest BCUT2D eigenvalue weighted by molar-refractivity contribution is 0.396. The minimum atomic E-state index is 0.601. The monoisotopic (exact) mass is 290 g/mol. The van der Waals surface area contributed by atoms with Gasteiger partial charge in [0.2, 0.25) is 0 Å². The lowest BCUT2D eigenvalue weighted by atomic mass is 10.2. The third kappa shape index (κ3) is 4.19. The summed E-state index contributed by atoms with van der Waals surface area (Å²) >= 11 is 0. The zero-order valence-electron chi connectivity index (χ0n) is 12.6. The fourth-order valence-corrected chi connectivity index (χ4v) is 2.16. The molecule has 1 aromatic carbocycles. The molecular formula is C15H22N4O2. The van der Waals surface area contributed by atoms with E-state index in [-0.39, 0.29) is 0 Å². The number of rotatable bonds is 8. The minimum Gasteiger partial charge on any atom is -0.497 e. The smallest absolute Gasteiger partial charge is 0.124 e. The van der Waals surface area contributed by atoms with Crippen molar-refractivity contribution in [3.63, 3.8) is 0 Å². The molecule has 21 heavy (non-hydrogen) atoms. The SMILES string of the molecule is COc1ccc(OC)c(Cn2cc(CCCCN)nn2)c1. The Labute approximate surface area is 124 Å². The second-order valence-corrected chi connectivity index (χ2v) is 4.83. The Morgan fingerprint density at radius 2 is 2.05 bits per heavy atom. The highest BCUT2D eigenvalue weighted by Gasteiger charge is 2.08. The van der Waals surface area contributed by atoms with E-state index in [2.05, 4.69) is 10.3 Å². The van der Waals surface area contributed by atoms with Crippen LogP contribution in [0.15, 0.2) is 24.4 Å². The van der Waals surface area contributed by atoms with Crippen LogP contribution in [0.4, 0.5) is 0 Å². The Balaban J connectivity index is 2.07. The van der Waals surface area contributed by atoms with E-state index < -0.39 is 0 Å². The van der Waals surface area contributed by atoms with Crippen molar-refractivity contribution in [3.05, 3.63) is 35.7 Å². The molecule has 1 aromatic heterocycles. The van der Waals surface area contributed by atoms with E-state index in [0.29, 0.717) is 6.54 Å². The molecule has 0 fully saturated rings. The molecule has 0 bridgehead atoms. The van der Waals surface area contributed by atoms with Crippen molar-refractivity contribution in [1.82, 2.24) is 15.0 Å². The van der Waals surface area contributed by atoms with Crippen molar-refractivity contribution in [1.29, 1.82) is 0 Å². The molecule has 0 saturated carbocycles. The molecule has 0 saturated heterocycles. The molecule has 0 atom stereocenters. The molecule has 0 amide bonds. The van der Waals surface area contributed by atoms with Crippen molar-refractivity contribution in [2.24, 2.45) is 5.73 Å². The zero-order chi connectivity index (χ0) is 15.1. The molecule has 0 spiro atoms. The Morgan fingerprint density at radius 3 is 2.76 bits per heavy atom. The van der Waals surface area contributed by atoms with Gasteiger partial charge in [-0.15, -0.1) is 5.10 Å². The van der Waals surface area contributed by atoms with Gasteiger partial charge >= 0.3 is 0 Å². The van der Waals surface area contributed by atoms with Gasteiger partial charge in [0.25, 0.3) is 0 Å². The fraction of sp³-hybridized carbons (Fsp3) is 0.467. The molecule has 2 aromatic rings. The number of aryl methyl sites for hydroxylation is 1. The quantitative estimate of drug-likeness (QED) is 0.748. The molecule has 0 radical (unpaired) electrons. The van der Waals surface area contributed by atoms with Crippen LogP contribution >= 0.6 is 0 Å². The molecule has 2 rings (SSSR count). The molecule has 0 aliphatic heterocycles. The number of ether oxygens (including phenoxy) is 2. The van der Waals surface area contributed by atoms with Crippen LogP contribution in [0.25, 0.3) is 0 Å². The number of nitrogens with zero attached hydrogens (tertiary/aromatic N) is 3. The highest BCUT2D eigenvalue weighted by atomic mass is 16.5. The maximum absolute atomic E-state index is 5.49. The van der Waals surface area contributed by atoms with Crippen molar-refractivity contribution in [3.8, 4) is 11.5 Å². The Hall–Kier alpha value is -2.08. The van der Waals surface area contributed by atoms with E-state index in [1.54, 1.807) is 14.2 Å². The van der Waals surface area contributed by atoms with Gasteiger partial charge in [-0.25, -0.2) is 4.68 Å². The first-order valence-electron chi connectivity index (χ1n) is 7.06. The number of unbranched alkanes of at least 4 members (excludes halogenated alkanes) is 1. The molecule has 0 aliphatic carbocycles. The van der Waals surface area contributed by atoms with Gasteiger partial charge in [-0.05, 0) is 44.0 Å². The maximum Gasteiger partial charge on any atom is 0.124 e. The first kappa shape index (κ1) is 15.3.